The second-order valence-electron chi connectivity index (χ2n) is 7.38. The Kier molecular flexibility index (Phi) is 8.16. The predicted octanol–water partition coefficient (Wildman–Crippen LogP) is -0.633. The van der Waals surface area contributed by atoms with Crippen molar-refractivity contribution in [3.05, 3.63) is 22.4 Å². The van der Waals surface area contributed by atoms with Crippen molar-refractivity contribution in [2.75, 3.05) is 5.73 Å². The molecular weight excluding hydrogens is 596 g/mol. The zero-order valence-corrected chi connectivity index (χ0v) is 21.3. The van der Waals surface area contributed by atoms with E-state index in [0.717, 1.165) is 11.5 Å². The molecule has 3 unspecified atom stereocenters. The number of hydrogen-bond donors (Lipinski definition) is 8. The van der Waals surface area contributed by atoms with Gasteiger partial charge in [0.25, 0.3) is 5.56 Å². The molecule has 1 fully saturated rings. The molecule has 206 valence electrons. The van der Waals surface area contributed by atoms with Gasteiger partial charge >= 0.3 is 23.5 Å². The van der Waals surface area contributed by atoms with Crippen molar-refractivity contribution in [3.63, 3.8) is 0 Å². The highest BCUT2D eigenvalue weighted by Crippen LogP contribution is 2.66. The van der Waals surface area contributed by atoms with Gasteiger partial charge in [-0.25, -0.2) is 18.1 Å². The molecule has 9 N–H and O–H groups in total. The van der Waals surface area contributed by atoms with Gasteiger partial charge in [-0.05, 0) is 24.4 Å². The fourth-order valence-corrected chi connectivity index (χ4v) is 6.81. The molecule has 1 saturated heterocycles. The Morgan fingerprint density at radius 2 is 1.92 bits per heavy atom. The summed E-state index contributed by atoms with van der Waals surface area (Å²) >= 11 is 5.39. The summed E-state index contributed by atoms with van der Waals surface area (Å²) in [5, 5.41) is 23.0. The van der Waals surface area contributed by atoms with Crippen LogP contribution in [0.25, 0.3) is 11.0 Å². The van der Waals surface area contributed by atoms with Gasteiger partial charge in [0.15, 0.2) is 17.7 Å². The highest BCUT2D eigenvalue weighted by atomic mass is 35.5. The van der Waals surface area contributed by atoms with Crippen LogP contribution in [0.3, 0.4) is 0 Å². The van der Waals surface area contributed by atoms with Gasteiger partial charge in [-0.3, -0.25) is 18.9 Å². The van der Waals surface area contributed by atoms with E-state index in [0.29, 0.717) is 6.20 Å². The van der Waals surface area contributed by atoms with Crippen molar-refractivity contribution < 1.29 is 65.8 Å². The van der Waals surface area contributed by atoms with Gasteiger partial charge in [0.1, 0.15) is 17.6 Å². The highest BCUT2D eigenvalue weighted by molar-refractivity contribution is 7.66. The van der Waals surface area contributed by atoms with E-state index in [-0.39, 0.29) is 0 Å². The number of nitrogens with two attached hydrogens (primary N) is 1. The Hall–Kier alpha value is -1.71. The third kappa shape index (κ3) is 6.31. The number of fused-ring (bicyclic) bond motifs is 1. The first-order valence-corrected chi connectivity index (χ1v) is 14.3. The number of ether oxygens (including phenoxy) is 1. The monoisotopic (exact) mass is 612 g/mol. The van der Waals surface area contributed by atoms with E-state index in [1.165, 1.54) is 0 Å². The van der Waals surface area contributed by atoms with Crippen molar-refractivity contribution in [1.82, 2.24) is 14.5 Å². The largest absolute Gasteiger partial charge is 0.490 e. The van der Waals surface area contributed by atoms with Crippen LogP contribution in [0.4, 0.5) is 10.3 Å². The Labute approximate surface area is 209 Å². The minimum Gasteiger partial charge on any atom is -0.386 e. The van der Waals surface area contributed by atoms with Crippen LogP contribution in [0.1, 0.15) is 13.2 Å². The maximum absolute atomic E-state index is 14.5. The Morgan fingerprint density at radius 3 is 2.49 bits per heavy atom. The Morgan fingerprint density at radius 1 is 1.30 bits per heavy atom. The van der Waals surface area contributed by atoms with Crippen LogP contribution < -0.4 is 11.3 Å². The zero-order valence-electron chi connectivity index (χ0n) is 17.9. The molecule has 3 rings (SSSR count). The smallest absolute Gasteiger partial charge is 0.386 e. The number of anilines is 1. The fraction of sp³-hybridized carbons (Fsp3) is 0.429. The van der Waals surface area contributed by atoms with Crippen molar-refractivity contribution in [1.29, 1.82) is 0 Å². The van der Waals surface area contributed by atoms with Crippen molar-refractivity contribution in [2.24, 2.45) is 0 Å². The molecule has 1 aliphatic rings. The van der Waals surface area contributed by atoms with Gasteiger partial charge < -0.3 is 40.3 Å². The van der Waals surface area contributed by atoms with Gasteiger partial charge in [0, 0.05) is 11.6 Å². The normalized spacial score (nSPS) is 28.3. The molecule has 1 aliphatic heterocycles. The predicted molar refractivity (Wildman–Crippen MR) is 118 cm³/mol. The van der Waals surface area contributed by atoms with Crippen LogP contribution in [0.15, 0.2) is 11.0 Å². The molecule has 2 aromatic heterocycles. The lowest BCUT2D eigenvalue weighted by atomic mass is 9.93. The summed E-state index contributed by atoms with van der Waals surface area (Å²) < 4.78 is 67.0. The lowest BCUT2D eigenvalue weighted by molar-refractivity contribution is -0.0830. The number of nitrogens with one attached hydrogen (secondary N) is 1. The van der Waals surface area contributed by atoms with E-state index in [4.69, 9.17) is 31.9 Å². The first-order chi connectivity index (χ1) is 16.8. The average Bonchev–Trinajstić information content (AvgIpc) is 3.13. The number of hydrogen-bond acceptors (Lipinski definition) is 12. The van der Waals surface area contributed by atoms with E-state index in [1.54, 1.807) is 5.38 Å². The zero-order chi connectivity index (χ0) is 28.1. The van der Waals surface area contributed by atoms with Crippen LogP contribution in [0.2, 0.25) is 0 Å². The van der Waals surface area contributed by atoms with E-state index in [9.17, 15) is 42.9 Å². The molecule has 0 amide bonds. The van der Waals surface area contributed by atoms with Crippen molar-refractivity contribution in [3.8, 4) is 11.3 Å². The summed E-state index contributed by atoms with van der Waals surface area (Å²) in [4.78, 5) is 54.2. The fourth-order valence-electron chi connectivity index (χ4n) is 3.46. The number of rotatable bonds is 8. The number of aliphatic hydroxyl groups excluding tert-OH is 1. The van der Waals surface area contributed by atoms with Crippen molar-refractivity contribution in [2.45, 2.75) is 37.1 Å². The summed E-state index contributed by atoms with van der Waals surface area (Å²) in [6, 6.07) is 0. The number of aromatic nitrogens is 3. The molecule has 0 bridgehead atoms. The van der Waals surface area contributed by atoms with E-state index >= 15 is 0 Å². The summed E-state index contributed by atoms with van der Waals surface area (Å²) in [5.74, 6) is 0.428. The number of phosphoric ester groups is 1. The minimum atomic E-state index is -5.86. The highest BCUT2D eigenvalue weighted by Gasteiger charge is 2.59. The molecule has 18 nitrogen and oxygen atoms in total. The molecule has 0 saturated carbocycles. The van der Waals surface area contributed by atoms with E-state index < -0.39 is 82.0 Å². The summed E-state index contributed by atoms with van der Waals surface area (Å²) in [6.45, 7) is 0.943. The number of nitrogens with zero attached hydrogens (tertiary/aromatic N) is 2. The molecule has 7 atom stereocenters. The average molecular weight is 613 g/mol. The molecule has 23 heteroatoms. The number of nitrogen functional groups attached to an aromatic ring is 1. The molecule has 0 aliphatic carbocycles. The number of halogens is 2. The second-order valence-corrected chi connectivity index (χ2v) is 11.9. The lowest BCUT2D eigenvalue weighted by Crippen LogP contribution is -2.47. The van der Waals surface area contributed by atoms with Gasteiger partial charge in [-0.2, -0.15) is 13.6 Å². The maximum Gasteiger partial charge on any atom is 0.490 e. The first-order valence-electron chi connectivity index (χ1n) is 9.37. The van der Waals surface area contributed by atoms with Crippen molar-refractivity contribution >= 4 is 52.1 Å². The minimum absolute atomic E-state index is 0.458. The van der Waals surface area contributed by atoms with Crippen LogP contribution in [0, 0.1) is 17.1 Å². The Balaban J connectivity index is 1.96. The number of aliphatic hydroxyl groups is 2. The van der Waals surface area contributed by atoms with Crippen LogP contribution in [-0.4, -0.2) is 68.2 Å². The molecule has 3 heterocycles. The molecule has 0 aromatic carbocycles. The summed E-state index contributed by atoms with van der Waals surface area (Å²) in [6.07, 6.45) is -7.10. The molecule has 37 heavy (non-hydrogen) atoms. The second kappa shape index (κ2) is 10.1. The SMILES string of the molecule is C[C@@H](OP(=O)(O)OP(=O)(O)OP(=O)(O)O)[C@H]1O[C@@H](n2cc(F)c3c(=O)[nH]c(N)nc32)C(O)(C#CCl)[C@H]1O. The third-order valence-electron chi connectivity index (χ3n) is 4.76. The third-order valence-corrected chi connectivity index (χ3v) is 8.78. The molecule has 2 aromatic rings. The molecule has 0 radical (unpaired) electrons. The van der Waals surface area contributed by atoms with Crippen LogP contribution in [0.5, 0.6) is 0 Å². The number of phosphoric acid groups is 3. The van der Waals surface area contributed by atoms with E-state index in [1.807, 2.05) is 5.92 Å². The number of H-pyrrole nitrogens is 1. The summed E-state index contributed by atoms with van der Waals surface area (Å²) in [5.41, 5.74) is 1.31. The van der Waals surface area contributed by atoms with Gasteiger partial charge in [0.2, 0.25) is 11.5 Å². The van der Waals surface area contributed by atoms with E-state index in [2.05, 4.69) is 23.1 Å². The summed E-state index contributed by atoms with van der Waals surface area (Å²) in [7, 11) is -17.2. The standard InChI is InChI=1S/C14H17ClFN4O14P3/c1-5(32-36(27,28)34-37(29,30)33-35(24,25)26)8-9(21)14(23,2-3-15)12(31-8)20-4-6(16)7-10(20)18-13(17)19-11(7)22/h4-5,8-9,12,21,23H,1H3,(H,27,28)(H,29,30)(H2,24,25,26)(H3,17,18,19,22)/t5-,8-,9+,12-,14?/m1/s1. The van der Waals surface area contributed by atoms with Gasteiger partial charge in [-0.1, -0.05) is 0 Å². The van der Waals surface area contributed by atoms with Gasteiger partial charge in [-0.15, -0.1) is 0 Å². The first kappa shape index (κ1) is 29.8. The van der Waals surface area contributed by atoms with Gasteiger partial charge in [0.05, 0.1) is 6.10 Å². The van der Waals surface area contributed by atoms with Crippen LogP contribution in [-0.2, 0) is 31.6 Å². The quantitative estimate of drug-likeness (QED) is 0.136. The molecule has 0 spiro atoms. The molecular formula is C14H17ClFN4O14P3. The topological polar surface area (TPSA) is 286 Å². The Bertz CT molecular complexity index is 1480. The number of aromatic amines is 1. The lowest BCUT2D eigenvalue weighted by Gasteiger charge is -2.27. The van der Waals surface area contributed by atoms with Crippen LogP contribution >= 0.6 is 35.1 Å². The maximum atomic E-state index is 14.5.